The molecule has 28 heavy (non-hydrogen) atoms. The van der Waals surface area contributed by atoms with Crippen LogP contribution in [0.2, 0.25) is 0 Å². The highest BCUT2D eigenvalue weighted by Crippen LogP contribution is 2.15. The van der Waals surface area contributed by atoms with Gasteiger partial charge in [0.1, 0.15) is 6.54 Å². The summed E-state index contributed by atoms with van der Waals surface area (Å²) in [4.78, 5) is 42.8. The van der Waals surface area contributed by atoms with E-state index in [0.717, 1.165) is 17.7 Å². The Morgan fingerprint density at radius 2 is 1.82 bits per heavy atom. The molecule has 0 saturated carbocycles. The topological polar surface area (TPSA) is 84.3 Å². The number of amides is 2. The van der Waals surface area contributed by atoms with Crippen LogP contribution in [0.15, 0.2) is 59.7 Å². The molecular formula is C21H22N4O3. The molecule has 0 bridgehead atoms. The molecule has 144 valence electrons. The Hall–Kier alpha value is -3.48. The van der Waals surface area contributed by atoms with Crippen molar-refractivity contribution in [2.45, 2.75) is 19.9 Å². The van der Waals surface area contributed by atoms with Crippen LogP contribution in [0.5, 0.6) is 0 Å². The minimum atomic E-state index is -0.349. The molecule has 0 radical (unpaired) electrons. The molecule has 0 atom stereocenters. The lowest BCUT2D eigenvalue weighted by Gasteiger charge is -2.18. The predicted molar refractivity (Wildman–Crippen MR) is 108 cm³/mol. The van der Waals surface area contributed by atoms with Crippen molar-refractivity contribution in [3.63, 3.8) is 0 Å². The van der Waals surface area contributed by atoms with Gasteiger partial charge in [0.15, 0.2) is 0 Å². The lowest BCUT2D eigenvalue weighted by Crippen LogP contribution is -2.38. The van der Waals surface area contributed by atoms with Crippen LogP contribution in [-0.2, 0) is 22.6 Å². The van der Waals surface area contributed by atoms with E-state index in [-0.39, 0.29) is 30.5 Å². The van der Waals surface area contributed by atoms with E-state index < -0.39 is 0 Å². The summed E-state index contributed by atoms with van der Waals surface area (Å²) in [5.74, 6) is -0.640. The predicted octanol–water partition coefficient (Wildman–Crippen LogP) is 2.06. The number of carbonyl (C=O) groups is 2. The SMILES string of the molecule is CCc1ccccc1NC(=O)CN(C)C(=O)Cn1cnc2ccccc2c1=O. The van der Waals surface area contributed by atoms with Crippen LogP contribution in [0.25, 0.3) is 10.9 Å². The second-order valence-corrected chi connectivity index (χ2v) is 6.50. The molecule has 7 heteroatoms. The van der Waals surface area contributed by atoms with E-state index in [1.165, 1.54) is 22.8 Å². The van der Waals surface area contributed by atoms with Gasteiger partial charge in [-0.2, -0.15) is 0 Å². The Kier molecular flexibility index (Phi) is 5.84. The van der Waals surface area contributed by atoms with Gasteiger partial charge in [-0.3, -0.25) is 19.0 Å². The number of hydrogen-bond donors (Lipinski definition) is 1. The molecule has 2 aromatic carbocycles. The summed E-state index contributed by atoms with van der Waals surface area (Å²) < 4.78 is 1.26. The van der Waals surface area contributed by atoms with Crippen LogP contribution in [0.1, 0.15) is 12.5 Å². The zero-order valence-electron chi connectivity index (χ0n) is 15.9. The number of aromatic nitrogens is 2. The first-order valence-electron chi connectivity index (χ1n) is 9.05. The second-order valence-electron chi connectivity index (χ2n) is 6.50. The molecule has 1 aromatic heterocycles. The van der Waals surface area contributed by atoms with E-state index in [1.807, 2.05) is 31.2 Å². The fourth-order valence-corrected chi connectivity index (χ4v) is 2.93. The number of carbonyl (C=O) groups excluding carboxylic acids is 2. The molecular weight excluding hydrogens is 356 g/mol. The van der Waals surface area contributed by atoms with Crippen molar-refractivity contribution in [2.24, 2.45) is 0 Å². The quantitative estimate of drug-likeness (QED) is 0.712. The first-order chi connectivity index (χ1) is 13.5. The molecule has 1 heterocycles. The van der Waals surface area contributed by atoms with Crippen LogP contribution in [0, 0.1) is 0 Å². The van der Waals surface area contributed by atoms with Gasteiger partial charge < -0.3 is 10.2 Å². The van der Waals surface area contributed by atoms with Gasteiger partial charge in [0.05, 0.1) is 23.8 Å². The zero-order chi connectivity index (χ0) is 20.1. The molecule has 7 nitrogen and oxygen atoms in total. The molecule has 1 N–H and O–H groups in total. The summed E-state index contributed by atoms with van der Waals surface area (Å²) in [6.45, 7) is 1.73. The third-order valence-corrected chi connectivity index (χ3v) is 4.52. The number of likely N-dealkylation sites (N-methyl/N-ethyl adjacent to an activating group) is 1. The van der Waals surface area contributed by atoms with Gasteiger partial charge in [-0.25, -0.2) is 4.98 Å². The van der Waals surface area contributed by atoms with Crippen LogP contribution < -0.4 is 10.9 Å². The number of para-hydroxylation sites is 2. The van der Waals surface area contributed by atoms with E-state index in [0.29, 0.717) is 10.9 Å². The van der Waals surface area contributed by atoms with Gasteiger partial charge in [0, 0.05) is 12.7 Å². The number of hydrogen-bond acceptors (Lipinski definition) is 4. The highest BCUT2D eigenvalue weighted by molar-refractivity contribution is 5.95. The van der Waals surface area contributed by atoms with Crippen molar-refractivity contribution in [1.29, 1.82) is 0 Å². The van der Waals surface area contributed by atoms with Crippen molar-refractivity contribution in [2.75, 3.05) is 18.9 Å². The first-order valence-corrected chi connectivity index (χ1v) is 9.05. The largest absolute Gasteiger partial charge is 0.335 e. The van der Waals surface area contributed by atoms with Gasteiger partial charge in [-0.1, -0.05) is 37.3 Å². The fourth-order valence-electron chi connectivity index (χ4n) is 2.93. The van der Waals surface area contributed by atoms with Crippen LogP contribution in [0.4, 0.5) is 5.69 Å². The number of aryl methyl sites for hydroxylation is 1. The smallest absolute Gasteiger partial charge is 0.261 e. The molecule has 3 aromatic rings. The van der Waals surface area contributed by atoms with Gasteiger partial charge in [0.2, 0.25) is 11.8 Å². The minimum Gasteiger partial charge on any atom is -0.335 e. The molecule has 3 rings (SSSR count). The van der Waals surface area contributed by atoms with E-state index in [9.17, 15) is 14.4 Å². The Balaban J connectivity index is 1.65. The molecule has 0 aliphatic carbocycles. The number of benzene rings is 2. The average Bonchev–Trinajstić information content (AvgIpc) is 2.70. The molecule has 0 aliphatic rings. The van der Waals surface area contributed by atoms with Gasteiger partial charge in [0.25, 0.3) is 5.56 Å². The summed E-state index contributed by atoms with van der Waals surface area (Å²) >= 11 is 0. The Bertz CT molecular complexity index is 1070. The number of fused-ring (bicyclic) bond motifs is 1. The number of nitrogens with one attached hydrogen (secondary N) is 1. The molecule has 2 amide bonds. The maximum Gasteiger partial charge on any atom is 0.261 e. The molecule has 0 spiro atoms. The monoisotopic (exact) mass is 378 g/mol. The standard InChI is InChI=1S/C21H22N4O3/c1-3-15-8-4-6-10-17(15)23-19(26)12-24(2)20(27)13-25-14-22-18-11-7-5-9-16(18)21(25)28/h4-11,14H,3,12-13H2,1-2H3,(H,23,26). The average molecular weight is 378 g/mol. The summed E-state index contributed by atoms with van der Waals surface area (Å²) in [5.41, 5.74) is 2.07. The molecule has 0 saturated heterocycles. The van der Waals surface area contributed by atoms with Crippen molar-refractivity contribution < 1.29 is 9.59 Å². The van der Waals surface area contributed by atoms with Crippen molar-refractivity contribution in [3.05, 3.63) is 70.8 Å². The second kappa shape index (κ2) is 8.47. The summed E-state index contributed by atoms with van der Waals surface area (Å²) in [6, 6.07) is 14.5. The minimum absolute atomic E-state index is 0.105. The van der Waals surface area contributed by atoms with Crippen molar-refractivity contribution in [1.82, 2.24) is 14.5 Å². The van der Waals surface area contributed by atoms with Gasteiger partial charge in [-0.05, 0) is 30.2 Å². The zero-order valence-corrected chi connectivity index (χ0v) is 15.9. The third kappa shape index (κ3) is 4.25. The maximum atomic E-state index is 12.5. The third-order valence-electron chi connectivity index (χ3n) is 4.52. The lowest BCUT2D eigenvalue weighted by molar-refractivity contribution is -0.133. The van der Waals surface area contributed by atoms with Crippen LogP contribution in [-0.4, -0.2) is 39.9 Å². The van der Waals surface area contributed by atoms with Gasteiger partial charge in [-0.15, -0.1) is 0 Å². The van der Waals surface area contributed by atoms with Gasteiger partial charge >= 0.3 is 0 Å². The summed E-state index contributed by atoms with van der Waals surface area (Å²) in [7, 11) is 1.53. The van der Waals surface area contributed by atoms with E-state index in [4.69, 9.17) is 0 Å². The van der Waals surface area contributed by atoms with E-state index >= 15 is 0 Å². The number of anilines is 1. The summed E-state index contributed by atoms with van der Waals surface area (Å²) in [5, 5.41) is 3.29. The van der Waals surface area contributed by atoms with E-state index in [1.54, 1.807) is 24.3 Å². The number of rotatable bonds is 6. The lowest BCUT2D eigenvalue weighted by atomic mass is 10.1. The van der Waals surface area contributed by atoms with E-state index in [2.05, 4.69) is 10.3 Å². The normalized spacial score (nSPS) is 10.6. The first kappa shape index (κ1) is 19.3. The van der Waals surface area contributed by atoms with Crippen LogP contribution >= 0.6 is 0 Å². The molecule has 0 aliphatic heterocycles. The van der Waals surface area contributed by atoms with Crippen molar-refractivity contribution in [3.8, 4) is 0 Å². The van der Waals surface area contributed by atoms with Crippen LogP contribution in [0.3, 0.4) is 0 Å². The Morgan fingerprint density at radius 3 is 2.61 bits per heavy atom. The summed E-state index contributed by atoms with van der Waals surface area (Å²) in [6.07, 6.45) is 2.15. The fraction of sp³-hybridized carbons (Fsp3) is 0.238. The number of nitrogens with zero attached hydrogens (tertiary/aromatic N) is 3. The Labute approximate surface area is 162 Å². The molecule has 0 unspecified atom stereocenters. The molecule has 0 fully saturated rings. The maximum absolute atomic E-state index is 12.5. The van der Waals surface area contributed by atoms with Crippen molar-refractivity contribution >= 4 is 28.4 Å². The highest BCUT2D eigenvalue weighted by Gasteiger charge is 2.15. The Morgan fingerprint density at radius 1 is 1.11 bits per heavy atom. The highest BCUT2D eigenvalue weighted by atomic mass is 16.2.